The molecule has 0 radical (unpaired) electrons. The van der Waals surface area contributed by atoms with Gasteiger partial charge in [0.1, 0.15) is 5.75 Å². The highest BCUT2D eigenvalue weighted by molar-refractivity contribution is 6.31. The van der Waals surface area contributed by atoms with E-state index in [1.807, 2.05) is 6.07 Å². The molecule has 1 aromatic carbocycles. The second-order valence-electron chi connectivity index (χ2n) is 2.68. The fourth-order valence-electron chi connectivity index (χ4n) is 1.23. The van der Waals surface area contributed by atoms with Crippen LogP contribution in [0.15, 0.2) is 24.8 Å². The number of hydrogen-bond donors (Lipinski definition) is 1. The van der Waals surface area contributed by atoms with Crippen molar-refractivity contribution in [1.82, 2.24) is 0 Å². The SMILES string of the molecule is C=CCc1cc(Cl)cc(N)c1OC. The van der Waals surface area contributed by atoms with Crippen LogP contribution in [-0.4, -0.2) is 7.11 Å². The monoisotopic (exact) mass is 197 g/mol. The second-order valence-corrected chi connectivity index (χ2v) is 3.12. The molecule has 2 N–H and O–H groups in total. The molecule has 2 nitrogen and oxygen atoms in total. The molecular weight excluding hydrogens is 186 g/mol. The van der Waals surface area contributed by atoms with E-state index in [0.29, 0.717) is 22.9 Å². The Kier molecular flexibility index (Phi) is 3.20. The molecule has 0 aliphatic rings. The van der Waals surface area contributed by atoms with Gasteiger partial charge in [0.25, 0.3) is 0 Å². The number of hydrogen-bond acceptors (Lipinski definition) is 2. The van der Waals surface area contributed by atoms with E-state index in [1.165, 1.54) is 0 Å². The first-order valence-corrected chi connectivity index (χ1v) is 4.29. The third-order valence-electron chi connectivity index (χ3n) is 1.73. The smallest absolute Gasteiger partial charge is 0.145 e. The number of methoxy groups -OCH3 is 1. The Balaban J connectivity index is 3.20. The van der Waals surface area contributed by atoms with Crippen molar-refractivity contribution in [1.29, 1.82) is 0 Å². The van der Waals surface area contributed by atoms with Crippen molar-refractivity contribution >= 4 is 17.3 Å². The first-order valence-electron chi connectivity index (χ1n) is 3.91. The molecule has 0 bridgehead atoms. The lowest BCUT2D eigenvalue weighted by atomic mass is 10.1. The number of allylic oxidation sites excluding steroid dienone is 1. The number of halogens is 1. The van der Waals surface area contributed by atoms with E-state index in [9.17, 15) is 0 Å². The molecule has 1 aromatic rings. The maximum Gasteiger partial charge on any atom is 0.145 e. The number of ether oxygens (including phenoxy) is 1. The Morgan fingerprint density at radius 3 is 2.85 bits per heavy atom. The largest absolute Gasteiger partial charge is 0.494 e. The van der Waals surface area contributed by atoms with Gasteiger partial charge in [-0.2, -0.15) is 0 Å². The van der Waals surface area contributed by atoms with E-state index < -0.39 is 0 Å². The summed E-state index contributed by atoms with van der Waals surface area (Å²) in [6.45, 7) is 3.65. The molecule has 0 aliphatic carbocycles. The fourth-order valence-corrected chi connectivity index (χ4v) is 1.48. The lowest BCUT2D eigenvalue weighted by Crippen LogP contribution is -1.97. The standard InChI is InChI=1S/C10H12ClNO/c1-3-4-7-5-8(11)6-9(12)10(7)13-2/h3,5-6H,1,4,12H2,2H3. The third kappa shape index (κ3) is 2.16. The van der Waals surface area contributed by atoms with Gasteiger partial charge in [0, 0.05) is 10.6 Å². The molecular formula is C10H12ClNO. The minimum Gasteiger partial charge on any atom is -0.494 e. The van der Waals surface area contributed by atoms with Crippen LogP contribution in [0.25, 0.3) is 0 Å². The van der Waals surface area contributed by atoms with Gasteiger partial charge in [-0.25, -0.2) is 0 Å². The van der Waals surface area contributed by atoms with Crippen LogP contribution < -0.4 is 10.5 Å². The summed E-state index contributed by atoms with van der Waals surface area (Å²) in [4.78, 5) is 0. The summed E-state index contributed by atoms with van der Waals surface area (Å²) in [6.07, 6.45) is 2.49. The van der Waals surface area contributed by atoms with Crippen molar-refractivity contribution in [2.75, 3.05) is 12.8 Å². The summed E-state index contributed by atoms with van der Waals surface area (Å²) in [6, 6.07) is 3.51. The summed E-state index contributed by atoms with van der Waals surface area (Å²) >= 11 is 5.84. The maximum absolute atomic E-state index is 5.84. The highest BCUT2D eigenvalue weighted by Crippen LogP contribution is 2.30. The summed E-state index contributed by atoms with van der Waals surface area (Å²) in [5.41, 5.74) is 7.24. The highest BCUT2D eigenvalue weighted by Gasteiger charge is 2.06. The zero-order chi connectivity index (χ0) is 9.84. The molecule has 0 unspecified atom stereocenters. The van der Waals surface area contributed by atoms with Crippen molar-refractivity contribution in [2.24, 2.45) is 0 Å². The Labute approximate surface area is 83.0 Å². The number of benzene rings is 1. The predicted molar refractivity (Wildman–Crippen MR) is 56.3 cm³/mol. The molecule has 0 aliphatic heterocycles. The number of nitrogens with two attached hydrogens (primary N) is 1. The van der Waals surface area contributed by atoms with E-state index >= 15 is 0 Å². The first kappa shape index (κ1) is 9.93. The van der Waals surface area contributed by atoms with Gasteiger partial charge in [0.05, 0.1) is 12.8 Å². The van der Waals surface area contributed by atoms with Crippen LogP contribution in [0.4, 0.5) is 5.69 Å². The fraction of sp³-hybridized carbons (Fsp3) is 0.200. The van der Waals surface area contributed by atoms with Crippen molar-refractivity contribution < 1.29 is 4.74 Å². The topological polar surface area (TPSA) is 35.2 Å². The van der Waals surface area contributed by atoms with E-state index in [4.69, 9.17) is 22.1 Å². The molecule has 70 valence electrons. The van der Waals surface area contributed by atoms with Crippen molar-refractivity contribution in [2.45, 2.75) is 6.42 Å². The van der Waals surface area contributed by atoms with Gasteiger partial charge in [-0.05, 0) is 18.6 Å². The molecule has 0 aromatic heterocycles. The first-order chi connectivity index (χ1) is 6.19. The quantitative estimate of drug-likeness (QED) is 0.597. The summed E-state index contributed by atoms with van der Waals surface area (Å²) in [5, 5.41) is 0.621. The van der Waals surface area contributed by atoms with Crippen molar-refractivity contribution in [3.63, 3.8) is 0 Å². The van der Waals surface area contributed by atoms with Crippen LogP contribution in [0.1, 0.15) is 5.56 Å². The van der Waals surface area contributed by atoms with Crippen molar-refractivity contribution in [3.8, 4) is 5.75 Å². The number of rotatable bonds is 3. The van der Waals surface area contributed by atoms with Crippen LogP contribution in [0.3, 0.4) is 0 Å². The molecule has 0 amide bonds. The third-order valence-corrected chi connectivity index (χ3v) is 1.95. The maximum atomic E-state index is 5.84. The second kappa shape index (κ2) is 4.19. The number of nitrogen functional groups attached to an aromatic ring is 1. The average Bonchev–Trinajstić information content (AvgIpc) is 2.04. The van der Waals surface area contributed by atoms with E-state index in [0.717, 1.165) is 5.56 Å². The lowest BCUT2D eigenvalue weighted by Gasteiger charge is -2.09. The van der Waals surface area contributed by atoms with Gasteiger partial charge in [0.2, 0.25) is 0 Å². The van der Waals surface area contributed by atoms with Gasteiger partial charge in [-0.15, -0.1) is 6.58 Å². The molecule has 0 heterocycles. The lowest BCUT2D eigenvalue weighted by molar-refractivity contribution is 0.413. The molecule has 0 spiro atoms. The highest BCUT2D eigenvalue weighted by atomic mass is 35.5. The zero-order valence-electron chi connectivity index (χ0n) is 7.51. The normalized spacial score (nSPS) is 9.69. The van der Waals surface area contributed by atoms with Crippen LogP contribution >= 0.6 is 11.6 Å². The summed E-state index contributed by atoms with van der Waals surface area (Å²) < 4.78 is 5.15. The van der Waals surface area contributed by atoms with Crippen LogP contribution in [-0.2, 0) is 6.42 Å². The van der Waals surface area contributed by atoms with E-state index in [-0.39, 0.29) is 0 Å². The zero-order valence-corrected chi connectivity index (χ0v) is 8.27. The van der Waals surface area contributed by atoms with E-state index in [1.54, 1.807) is 19.3 Å². The molecule has 0 atom stereocenters. The van der Waals surface area contributed by atoms with Gasteiger partial charge in [-0.1, -0.05) is 17.7 Å². The molecule has 1 rings (SSSR count). The molecule has 0 saturated heterocycles. The van der Waals surface area contributed by atoms with Crippen LogP contribution in [0.5, 0.6) is 5.75 Å². The number of anilines is 1. The van der Waals surface area contributed by atoms with Gasteiger partial charge < -0.3 is 10.5 Å². The van der Waals surface area contributed by atoms with Crippen LogP contribution in [0.2, 0.25) is 5.02 Å². The molecule has 0 fully saturated rings. The molecule has 0 saturated carbocycles. The Morgan fingerprint density at radius 1 is 1.62 bits per heavy atom. The Morgan fingerprint density at radius 2 is 2.31 bits per heavy atom. The van der Waals surface area contributed by atoms with Crippen molar-refractivity contribution in [3.05, 3.63) is 35.4 Å². The minimum absolute atomic E-state index is 0.562. The van der Waals surface area contributed by atoms with Gasteiger partial charge in [-0.3, -0.25) is 0 Å². The average molecular weight is 198 g/mol. The van der Waals surface area contributed by atoms with Gasteiger partial charge >= 0.3 is 0 Å². The minimum atomic E-state index is 0.562. The van der Waals surface area contributed by atoms with Gasteiger partial charge in [0.15, 0.2) is 0 Å². The molecule has 3 heteroatoms. The van der Waals surface area contributed by atoms with E-state index in [2.05, 4.69) is 6.58 Å². The predicted octanol–water partition coefficient (Wildman–Crippen LogP) is 2.66. The Bertz CT molecular complexity index is 323. The molecule has 13 heavy (non-hydrogen) atoms. The summed E-state index contributed by atoms with van der Waals surface area (Å²) in [5.74, 6) is 0.685. The Hall–Kier alpha value is -1.15. The van der Waals surface area contributed by atoms with Crippen LogP contribution in [0, 0.1) is 0 Å². The summed E-state index contributed by atoms with van der Waals surface area (Å²) in [7, 11) is 1.59.